The summed E-state index contributed by atoms with van der Waals surface area (Å²) in [4.78, 5) is 15.7. The predicted octanol–water partition coefficient (Wildman–Crippen LogP) is 4.61. The Labute approximate surface area is 205 Å². The number of halogens is 1. The molecule has 1 aromatic carbocycles. The topological polar surface area (TPSA) is 56.3 Å². The molecule has 180 valence electrons. The van der Waals surface area contributed by atoms with E-state index in [1.165, 1.54) is 17.0 Å². The number of nitrogens with one attached hydrogen (secondary N) is 2. The molecule has 8 heteroatoms. The van der Waals surface area contributed by atoms with Crippen LogP contribution >= 0.6 is 11.3 Å². The zero-order valence-electron chi connectivity index (χ0n) is 19.9. The second-order valence-corrected chi connectivity index (χ2v) is 10.7. The number of nitrogens with zero attached hydrogens (tertiary/aromatic N) is 4. The van der Waals surface area contributed by atoms with Gasteiger partial charge in [0.2, 0.25) is 0 Å². The molecule has 0 aliphatic carbocycles. The summed E-state index contributed by atoms with van der Waals surface area (Å²) >= 11 is 1.78. The summed E-state index contributed by atoms with van der Waals surface area (Å²) in [6, 6.07) is 12.2. The molecule has 0 radical (unpaired) electrons. The van der Waals surface area contributed by atoms with E-state index in [-0.39, 0.29) is 5.82 Å². The van der Waals surface area contributed by atoms with E-state index in [0.29, 0.717) is 18.1 Å². The maximum Gasteiger partial charge on any atom is 0.138 e. The standard InChI is InChI=1S/C26H33FN6S/c1-18-15-32(16-19(2)30-18)17-23-14-29-26(34-23)24-4-3-11-28-25(24)33-12-9-22(10-13-33)31-21-7-5-20(27)6-8-21/h3-8,11,14,18-19,22,30-31H,9-10,12-13,15-17H2,1-2H3/t18-,19+. The number of piperazine rings is 1. The Morgan fingerprint density at radius 3 is 2.53 bits per heavy atom. The highest BCUT2D eigenvalue weighted by Gasteiger charge is 2.24. The minimum absolute atomic E-state index is 0.203. The minimum atomic E-state index is -0.203. The van der Waals surface area contributed by atoms with Crippen LogP contribution in [-0.4, -0.2) is 59.2 Å². The van der Waals surface area contributed by atoms with E-state index in [9.17, 15) is 4.39 Å². The number of aromatic nitrogens is 2. The number of thiazole rings is 1. The Balaban J connectivity index is 1.23. The fourth-order valence-corrected chi connectivity index (χ4v) is 6.10. The van der Waals surface area contributed by atoms with Crippen molar-refractivity contribution in [1.29, 1.82) is 0 Å². The summed E-state index contributed by atoms with van der Waals surface area (Å²) in [5.74, 6) is 0.818. The molecule has 34 heavy (non-hydrogen) atoms. The smallest absolute Gasteiger partial charge is 0.138 e. The predicted molar refractivity (Wildman–Crippen MR) is 138 cm³/mol. The van der Waals surface area contributed by atoms with Crippen molar-refractivity contribution in [3.05, 3.63) is 59.5 Å². The maximum atomic E-state index is 13.2. The largest absolute Gasteiger partial charge is 0.382 e. The molecule has 2 saturated heterocycles. The van der Waals surface area contributed by atoms with E-state index in [2.05, 4.69) is 40.3 Å². The highest BCUT2D eigenvalue weighted by molar-refractivity contribution is 7.15. The van der Waals surface area contributed by atoms with Gasteiger partial charge in [0.1, 0.15) is 16.6 Å². The van der Waals surface area contributed by atoms with Crippen molar-refractivity contribution in [1.82, 2.24) is 20.2 Å². The van der Waals surface area contributed by atoms with Gasteiger partial charge in [0.15, 0.2) is 0 Å². The maximum absolute atomic E-state index is 13.2. The molecule has 0 bridgehead atoms. The first-order valence-corrected chi connectivity index (χ1v) is 13.0. The van der Waals surface area contributed by atoms with Gasteiger partial charge in [0.05, 0.1) is 5.56 Å². The molecule has 5 rings (SSSR count). The molecule has 6 nitrogen and oxygen atoms in total. The molecule has 0 amide bonds. The molecule has 0 saturated carbocycles. The monoisotopic (exact) mass is 480 g/mol. The van der Waals surface area contributed by atoms with E-state index >= 15 is 0 Å². The number of hydrogen-bond acceptors (Lipinski definition) is 7. The quantitative estimate of drug-likeness (QED) is 0.538. The van der Waals surface area contributed by atoms with Crippen molar-refractivity contribution in [2.75, 3.05) is 36.4 Å². The SMILES string of the molecule is C[C@@H]1CN(Cc2cnc(-c3cccnc3N3CCC(Nc4ccc(F)cc4)CC3)s2)C[C@H](C)N1. The van der Waals surface area contributed by atoms with Crippen molar-refractivity contribution < 1.29 is 4.39 Å². The lowest BCUT2D eigenvalue weighted by Crippen LogP contribution is -2.53. The van der Waals surface area contributed by atoms with Crippen LogP contribution in [-0.2, 0) is 6.54 Å². The van der Waals surface area contributed by atoms with Crippen molar-refractivity contribution in [2.24, 2.45) is 0 Å². The Morgan fingerprint density at radius 1 is 1.06 bits per heavy atom. The zero-order valence-corrected chi connectivity index (χ0v) is 20.7. The van der Waals surface area contributed by atoms with Gasteiger partial charge in [-0.1, -0.05) is 0 Å². The molecule has 2 N–H and O–H groups in total. The van der Waals surface area contributed by atoms with Gasteiger partial charge in [0.25, 0.3) is 0 Å². The third-order valence-electron chi connectivity index (χ3n) is 6.59. The summed E-state index contributed by atoms with van der Waals surface area (Å²) in [6.45, 7) is 9.44. The van der Waals surface area contributed by atoms with Crippen molar-refractivity contribution >= 4 is 22.8 Å². The average molecular weight is 481 g/mol. The van der Waals surface area contributed by atoms with Gasteiger partial charge in [-0.25, -0.2) is 14.4 Å². The molecule has 2 atom stereocenters. The van der Waals surface area contributed by atoms with E-state index < -0.39 is 0 Å². The minimum Gasteiger partial charge on any atom is -0.382 e. The van der Waals surface area contributed by atoms with Crippen molar-refractivity contribution in [3.8, 4) is 10.6 Å². The highest BCUT2D eigenvalue weighted by Crippen LogP contribution is 2.34. The van der Waals surface area contributed by atoms with Crippen LogP contribution in [0.1, 0.15) is 31.6 Å². The molecule has 2 aromatic heterocycles. The summed E-state index contributed by atoms with van der Waals surface area (Å²) in [7, 11) is 0. The van der Waals surface area contributed by atoms with Gasteiger partial charge in [-0.2, -0.15) is 0 Å². The first kappa shape index (κ1) is 23.2. The van der Waals surface area contributed by atoms with E-state index in [4.69, 9.17) is 9.97 Å². The van der Waals surface area contributed by atoms with Crippen LogP contribution in [0.2, 0.25) is 0 Å². The Hall–Kier alpha value is -2.55. The number of benzene rings is 1. The average Bonchev–Trinajstić information content (AvgIpc) is 3.29. The van der Waals surface area contributed by atoms with Crippen LogP contribution in [0.4, 0.5) is 15.9 Å². The van der Waals surface area contributed by atoms with Gasteiger partial charge in [-0.05, 0) is 63.1 Å². The first-order valence-electron chi connectivity index (χ1n) is 12.2. The lowest BCUT2D eigenvalue weighted by Gasteiger charge is -2.35. The zero-order chi connectivity index (χ0) is 23.5. The lowest BCUT2D eigenvalue weighted by molar-refractivity contribution is 0.168. The summed E-state index contributed by atoms with van der Waals surface area (Å²) in [5, 5.41) is 8.19. The molecule has 0 spiro atoms. The molecule has 2 aliphatic rings. The number of pyridine rings is 1. The molecular formula is C26H33FN6S. The molecule has 0 unspecified atom stereocenters. The Bertz CT molecular complexity index is 1070. The third-order valence-corrected chi connectivity index (χ3v) is 7.61. The second-order valence-electron chi connectivity index (χ2n) is 9.58. The van der Waals surface area contributed by atoms with E-state index in [0.717, 1.165) is 67.6 Å². The molecule has 2 fully saturated rings. The Kier molecular flexibility index (Phi) is 7.08. The number of hydrogen-bond donors (Lipinski definition) is 2. The first-order chi connectivity index (χ1) is 16.5. The van der Waals surface area contributed by atoms with E-state index in [1.54, 1.807) is 23.5 Å². The number of piperidine rings is 1. The summed E-state index contributed by atoms with van der Waals surface area (Å²) in [5.41, 5.74) is 2.09. The fourth-order valence-electron chi connectivity index (χ4n) is 5.13. The van der Waals surface area contributed by atoms with Crippen LogP contribution < -0.4 is 15.5 Å². The normalized spacial score (nSPS) is 22.1. The van der Waals surface area contributed by atoms with Crippen molar-refractivity contribution in [2.45, 2.75) is 51.4 Å². The van der Waals surface area contributed by atoms with Gasteiger partial charge >= 0.3 is 0 Å². The number of anilines is 2. The molecular weight excluding hydrogens is 447 g/mol. The van der Waals surface area contributed by atoms with Crippen LogP contribution in [0.3, 0.4) is 0 Å². The molecule has 2 aliphatic heterocycles. The Morgan fingerprint density at radius 2 is 1.79 bits per heavy atom. The third kappa shape index (κ3) is 5.56. The summed E-state index contributed by atoms with van der Waals surface area (Å²) < 4.78 is 13.2. The lowest BCUT2D eigenvalue weighted by atomic mass is 10.0. The van der Waals surface area contributed by atoms with Crippen LogP contribution in [0, 0.1) is 5.82 Å². The van der Waals surface area contributed by atoms with Crippen LogP contribution in [0.25, 0.3) is 10.6 Å². The van der Waals surface area contributed by atoms with Gasteiger partial charge < -0.3 is 15.5 Å². The van der Waals surface area contributed by atoms with Crippen LogP contribution in [0.15, 0.2) is 48.8 Å². The molecule has 3 aromatic rings. The second kappa shape index (κ2) is 10.4. The van der Waals surface area contributed by atoms with Gasteiger partial charge in [-0.3, -0.25) is 4.90 Å². The highest BCUT2D eigenvalue weighted by atomic mass is 32.1. The summed E-state index contributed by atoms with van der Waals surface area (Å²) in [6.07, 6.45) is 5.93. The van der Waals surface area contributed by atoms with Crippen molar-refractivity contribution in [3.63, 3.8) is 0 Å². The van der Waals surface area contributed by atoms with Crippen LogP contribution in [0.5, 0.6) is 0 Å². The van der Waals surface area contributed by atoms with Gasteiger partial charge in [0, 0.05) is 73.8 Å². The molecule has 4 heterocycles. The number of rotatable bonds is 6. The fraction of sp³-hybridized carbons (Fsp3) is 0.462. The van der Waals surface area contributed by atoms with E-state index in [1.807, 2.05) is 18.5 Å². The van der Waals surface area contributed by atoms with Gasteiger partial charge in [-0.15, -0.1) is 11.3 Å².